The number of hydrogen-bond acceptors (Lipinski definition) is 11. The Kier molecular flexibility index (Phi) is 8.87. The molecular weight excluding hydrogens is 664 g/mol. The van der Waals surface area contributed by atoms with E-state index in [1.165, 1.54) is 0 Å². The molecule has 4 aliphatic rings. The van der Waals surface area contributed by atoms with Crippen molar-refractivity contribution in [2.45, 2.75) is 57.2 Å². The van der Waals surface area contributed by atoms with Gasteiger partial charge in [0.2, 0.25) is 5.91 Å². The van der Waals surface area contributed by atoms with Crippen LogP contribution in [0.15, 0.2) is 61.1 Å². The summed E-state index contributed by atoms with van der Waals surface area (Å²) >= 11 is 0. The van der Waals surface area contributed by atoms with Crippen LogP contribution in [-0.2, 0) is 9.53 Å². The summed E-state index contributed by atoms with van der Waals surface area (Å²) in [6.45, 7) is 12.6. The van der Waals surface area contributed by atoms with E-state index in [1.54, 1.807) is 24.5 Å². The van der Waals surface area contributed by atoms with Crippen molar-refractivity contribution < 1.29 is 28.6 Å². The van der Waals surface area contributed by atoms with Gasteiger partial charge in [0.15, 0.2) is 0 Å². The number of nitrogens with zero attached hydrogens (tertiary/aromatic N) is 6. The molecule has 0 radical (unpaired) electrons. The quantitative estimate of drug-likeness (QED) is 0.163. The first-order valence-electron chi connectivity index (χ1n) is 17.9. The van der Waals surface area contributed by atoms with Gasteiger partial charge in [-0.25, -0.2) is 9.97 Å². The van der Waals surface area contributed by atoms with Gasteiger partial charge in [-0.1, -0.05) is 6.58 Å². The average Bonchev–Trinajstić information content (AvgIpc) is 3.62. The summed E-state index contributed by atoms with van der Waals surface area (Å²) in [5.74, 6) is 0.830. The fourth-order valence-corrected chi connectivity index (χ4v) is 7.12. The Morgan fingerprint density at radius 1 is 0.962 bits per heavy atom. The largest absolute Gasteiger partial charge is 0.491 e. The second kappa shape index (κ2) is 13.7. The van der Waals surface area contributed by atoms with Crippen molar-refractivity contribution >= 4 is 34.4 Å². The molecule has 2 saturated heterocycles. The molecule has 5 heterocycles. The number of aromatic nitrogens is 4. The highest BCUT2D eigenvalue weighted by molar-refractivity contribution is 6.23. The number of nitrogens with one attached hydrogen (secondary N) is 2. The number of H-pyrrole nitrogens is 1. The van der Waals surface area contributed by atoms with E-state index in [2.05, 4.69) is 55.7 Å². The standard InChI is InChI=1S/C38H42N8O6/c1-23-4-9-32(35(47)41-23)46-36(48)27-7-5-25(18-28(27)37(46)49)51-17-16-50-15-14-44-12-13-45(21-24(44)2)33-20-31(39-22-40-33)34-29-19-26(52-38(3)10-11-38)6-8-30(29)42-43-34/h5-8,18-20,22,24,32H,1,4,9-17,21H2,2-3H3,(H,41,47)(H,42,43)/t24-,32?/m0/s1. The maximum Gasteiger partial charge on any atom is 0.262 e. The number of benzene rings is 2. The minimum absolute atomic E-state index is 0.0607. The Hall–Kier alpha value is -5.34. The van der Waals surface area contributed by atoms with Gasteiger partial charge in [0, 0.05) is 49.4 Å². The number of ether oxygens (including phenoxy) is 3. The second-order valence-corrected chi connectivity index (χ2v) is 14.2. The highest BCUT2D eigenvalue weighted by Crippen LogP contribution is 2.40. The lowest BCUT2D eigenvalue weighted by atomic mass is 10.0. The van der Waals surface area contributed by atoms with Crippen molar-refractivity contribution in [2.24, 2.45) is 0 Å². The van der Waals surface area contributed by atoms with Crippen molar-refractivity contribution in [3.05, 3.63) is 72.2 Å². The third kappa shape index (κ3) is 6.71. The molecule has 1 saturated carbocycles. The molecule has 3 amide bonds. The van der Waals surface area contributed by atoms with E-state index in [-0.39, 0.29) is 29.4 Å². The number of carbonyl (C=O) groups excluding carboxylic acids is 3. The normalized spacial score (nSPS) is 21.4. The molecule has 0 spiro atoms. The molecule has 2 atom stereocenters. The summed E-state index contributed by atoms with van der Waals surface area (Å²) in [5.41, 5.74) is 3.51. The van der Waals surface area contributed by atoms with Crippen LogP contribution < -0.4 is 19.7 Å². The molecule has 2 aromatic heterocycles. The van der Waals surface area contributed by atoms with E-state index in [4.69, 9.17) is 14.2 Å². The first kappa shape index (κ1) is 33.8. The predicted octanol–water partition coefficient (Wildman–Crippen LogP) is 3.95. The number of allylic oxidation sites excluding steroid dienone is 1. The maximum absolute atomic E-state index is 13.1. The van der Waals surface area contributed by atoms with Gasteiger partial charge in [0.05, 0.1) is 35.6 Å². The smallest absolute Gasteiger partial charge is 0.262 e. The Labute approximate surface area is 301 Å². The minimum atomic E-state index is -0.847. The van der Waals surface area contributed by atoms with Gasteiger partial charge in [-0.15, -0.1) is 0 Å². The van der Waals surface area contributed by atoms with Crippen molar-refractivity contribution in [1.82, 2.24) is 35.3 Å². The Morgan fingerprint density at radius 2 is 1.79 bits per heavy atom. The lowest BCUT2D eigenvalue weighted by molar-refractivity contribution is -0.125. The van der Waals surface area contributed by atoms with E-state index in [0.717, 1.165) is 77.8 Å². The number of fused-ring (bicyclic) bond motifs is 2. The van der Waals surface area contributed by atoms with Crippen LogP contribution in [0.1, 0.15) is 60.2 Å². The molecular formula is C38H42N8O6. The van der Waals surface area contributed by atoms with Crippen LogP contribution in [-0.4, -0.2) is 111 Å². The van der Waals surface area contributed by atoms with E-state index >= 15 is 0 Å². The molecule has 14 nitrogen and oxygen atoms in total. The average molecular weight is 707 g/mol. The van der Waals surface area contributed by atoms with Crippen LogP contribution in [0, 0.1) is 0 Å². The monoisotopic (exact) mass is 706 g/mol. The summed E-state index contributed by atoms with van der Waals surface area (Å²) in [7, 11) is 0. The van der Waals surface area contributed by atoms with Crippen LogP contribution in [0.5, 0.6) is 11.5 Å². The molecule has 2 N–H and O–H groups in total. The number of aromatic amines is 1. The number of carbonyl (C=O) groups is 3. The molecule has 0 bridgehead atoms. The van der Waals surface area contributed by atoms with Gasteiger partial charge in [-0.05, 0) is 75.9 Å². The van der Waals surface area contributed by atoms with Crippen LogP contribution >= 0.6 is 0 Å². The molecule has 14 heteroatoms. The summed E-state index contributed by atoms with van der Waals surface area (Å²) in [4.78, 5) is 53.5. The zero-order valence-electron chi connectivity index (χ0n) is 29.4. The first-order valence-corrected chi connectivity index (χ1v) is 17.9. The topological polar surface area (TPSA) is 155 Å². The molecule has 2 aromatic carbocycles. The van der Waals surface area contributed by atoms with Crippen molar-refractivity contribution in [3.8, 4) is 22.9 Å². The predicted molar refractivity (Wildman–Crippen MR) is 192 cm³/mol. The van der Waals surface area contributed by atoms with E-state index in [1.807, 2.05) is 24.3 Å². The first-order chi connectivity index (χ1) is 25.2. The van der Waals surface area contributed by atoms with Crippen LogP contribution in [0.25, 0.3) is 22.3 Å². The minimum Gasteiger partial charge on any atom is -0.491 e. The number of hydrogen-bond donors (Lipinski definition) is 2. The fraction of sp³-hybridized carbons (Fsp3) is 0.421. The molecule has 52 heavy (non-hydrogen) atoms. The zero-order valence-corrected chi connectivity index (χ0v) is 29.4. The van der Waals surface area contributed by atoms with Gasteiger partial charge in [-0.3, -0.25) is 29.3 Å². The number of amides is 3. The molecule has 3 aliphatic heterocycles. The SMILES string of the molecule is C=C1CCC(N2C(=O)c3ccc(OCCOCCN4CCN(c5cc(-c6n[nH]c7ccc(OC8(C)CC8)cc67)ncn5)C[C@@H]4C)cc3C2=O)C(=O)N1. The van der Waals surface area contributed by atoms with Crippen LogP contribution in [0.2, 0.25) is 0 Å². The van der Waals surface area contributed by atoms with Crippen LogP contribution in [0.4, 0.5) is 5.82 Å². The van der Waals surface area contributed by atoms with Crippen LogP contribution in [0.3, 0.4) is 0 Å². The van der Waals surface area contributed by atoms with E-state index in [0.29, 0.717) is 37.5 Å². The number of piperazine rings is 1. The van der Waals surface area contributed by atoms with E-state index in [9.17, 15) is 14.4 Å². The molecule has 1 aliphatic carbocycles. The summed E-state index contributed by atoms with van der Waals surface area (Å²) < 4.78 is 17.9. The maximum atomic E-state index is 13.1. The lowest BCUT2D eigenvalue weighted by Crippen LogP contribution is -2.53. The number of anilines is 1. The summed E-state index contributed by atoms with van der Waals surface area (Å²) in [6.07, 6.45) is 4.62. The van der Waals surface area contributed by atoms with Crippen molar-refractivity contribution in [2.75, 3.05) is 50.9 Å². The number of imide groups is 1. The molecule has 1 unspecified atom stereocenters. The lowest BCUT2D eigenvalue weighted by Gasteiger charge is -2.40. The highest BCUT2D eigenvalue weighted by atomic mass is 16.5. The van der Waals surface area contributed by atoms with E-state index < -0.39 is 23.8 Å². The van der Waals surface area contributed by atoms with Gasteiger partial charge in [-0.2, -0.15) is 5.10 Å². The zero-order chi connectivity index (χ0) is 36.0. The Balaban J connectivity index is 0.796. The number of piperidine rings is 1. The number of rotatable bonds is 12. The summed E-state index contributed by atoms with van der Waals surface area (Å²) in [5, 5.41) is 11.3. The second-order valence-electron chi connectivity index (χ2n) is 14.2. The Bertz CT molecular complexity index is 2060. The molecule has 4 aromatic rings. The van der Waals surface area contributed by atoms with Gasteiger partial charge in [0.1, 0.15) is 47.6 Å². The van der Waals surface area contributed by atoms with Gasteiger partial charge in [0.25, 0.3) is 11.8 Å². The highest BCUT2D eigenvalue weighted by Gasteiger charge is 2.44. The fourth-order valence-electron chi connectivity index (χ4n) is 7.12. The van der Waals surface area contributed by atoms with Crippen molar-refractivity contribution in [1.29, 1.82) is 0 Å². The Morgan fingerprint density at radius 3 is 2.60 bits per heavy atom. The van der Waals surface area contributed by atoms with Gasteiger partial charge >= 0.3 is 0 Å². The molecule has 8 rings (SSSR count). The third-order valence-corrected chi connectivity index (χ3v) is 10.4. The molecule has 3 fully saturated rings. The third-order valence-electron chi connectivity index (χ3n) is 10.4. The van der Waals surface area contributed by atoms with Gasteiger partial charge < -0.3 is 24.4 Å². The molecule has 270 valence electrons. The summed E-state index contributed by atoms with van der Waals surface area (Å²) in [6, 6.07) is 12.3. The van der Waals surface area contributed by atoms with Crippen molar-refractivity contribution in [3.63, 3.8) is 0 Å².